The van der Waals surface area contributed by atoms with Crippen molar-refractivity contribution in [3.05, 3.63) is 52.1 Å². The predicted octanol–water partition coefficient (Wildman–Crippen LogP) is 1.01. The molecule has 0 aliphatic rings. The van der Waals surface area contributed by atoms with Gasteiger partial charge < -0.3 is 0 Å². The van der Waals surface area contributed by atoms with Crippen LogP contribution in [0.1, 0.15) is 0 Å². The maximum absolute atomic E-state index is 11.3. The summed E-state index contributed by atoms with van der Waals surface area (Å²) < 4.78 is 22.6. The van der Waals surface area contributed by atoms with Crippen LogP contribution >= 0.6 is 0 Å². The summed E-state index contributed by atoms with van der Waals surface area (Å²) in [5.41, 5.74) is 0. The second-order valence-corrected chi connectivity index (χ2v) is 4.16. The van der Waals surface area contributed by atoms with Gasteiger partial charge >= 0.3 is 0 Å². The first-order valence-electron chi connectivity index (χ1n) is 3.56. The van der Waals surface area contributed by atoms with Crippen molar-refractivity contribution >= 4 is 9.84 Å². The molecule has 0 amide bonds. The van der Waals surface area contributed by atoms with Crippen LogP contribution in [0.4, 0.5) is 0 Å². The third kappa shape index (κ3) is 2.67. The molecule has 74 valence electrons. The van der Waals surface area contributed by atoms with Crippen molar-refractivity contribution in [3.63, 3.8) is 0 Å². The van der Waals surface area contributed by atoms with Gasteiger partial charge in [0.15, 0.2) is 9.84 Å². The van der Waals surface area contributed by atoms with Gasteiger partial charge in [0.2, 0.25) is 0 Å². The van der Waals surface area contributed by atoms with Crippen LogP contribution in [-0.4, -0.2) is 13.3 Å². The molecule has 0 spiro atoms. The summed E-state index contributed by atoms with van der Waals surface area (Å²) >= 11 is 0. The average Bonchev–Trinajstić information content (AvgIpc) is 2.16. The Morgan fingerprint density at radius 3 is 2.36 bits per heavy atom. The van der Waals surface area contributed by atoms with Crippen molar-refractivity contribution in [1.82, 2.24) is 0 Å². The van der Waals surface area contributed by atoms with Gasteiger partial charge in [-0.05, 0) is 12.1 Å². The van der Waals surface area contributed by atoms with E-state index in [1.54, 1.807) is 6.07 Å². The minimum absolute atomic E-state index is 0.00866. The Bertz CT molecular complexity index is 449. The van der Waals surface area contributed by atoms with Crippen LogP contribution in [-0.2, 0) is 9.84 Å². The minimum Gasteiger partial charge on any atom is -0.297 e. The molecule has 0 fully saturated rings. The van der Waals surface area contributed by atoms with Crippen molar-refractivity contribution in [2.45, 2.75) is 4.90 Å². The Balaban J connectivity index is 3.05. The molecule has 0 unspecified atom stereocenters. The molecule has 6 heteroatoms. The van der Waals surface area contributed by atoms with E-state index in [-0.39, 0.29) is 4.90 Å². The van der Waals surface area contributed by atoms with Crippen LogP contribution in [0, 0.1) is 16.3 Å². The first-order valence-corrected chi connectivity index (χ1v) is 5.11. The number of nitro groups is 1. The first kappa shape index (κ1) is 10.4. The number of nitrogens with zero attached hydrogens (tertiary/aromatic N) is 1. The second-order valence-electron chi connectivity index (χ2n) is 2.36. The van der Waals surface area contributed by atoms with Gasteiger partial charge in [-0.3, -0.25) is 10.1 Å². The highest BCUT2D eigenvalue weighted by atomic mass is 32.2. The standard InChI is InChI=1S/C8H6NO4S/c10-9(11)6-7-14(12,13)8-4-2-1-3-5-8/h1-5,7H/q-1. The van der Waals surface area contributed by atoms with Crippen molar-refractivity contribution in [1.29, 1.82) is 0 Å². The predicted molar refractivity (Wildman–Crippen MR) is 48.4 cm³/mol. The summed E-state index contributed by atoms with van der Waals surface area (Å²) in [5.74, 6) is 0. The van der Waals surface area contributed by atoms with Gasteiger partial charge in [-0.2, -0.15) is 0 Å². The molecule has 14 heavy (non-hydrogen) atoms. The van der Waals surface area contributed by atoms with E-state index < -0.39 is 14.8 Å². The zero-order valence-electron chi connectivity index (χ0n) is 6.95. The van der Waals surface area contributed by atoms with E-state index in [4.69, 9.17) is 0 Å². The fourth-order valence-electron chi connectivity index (χ4n) is 0.791. The molecular weight excluding hydrogens is 206 g/mol. The van der Waals surface area contributed by atoms with Crippen molar-refractivity contribution < 1.29 is 13.3 Å². The highest BCUT2D eigenvalue weighted by Crippen LogP contribution is 2.10. The topological polar surface area (TPSA) is 77.3 Å². The Kier molecular flexibility index (Phi) is 2.98. The molecule has 0 bridgehead atoms. The van der Waals surface area contributed by atoms with E-state index in [0.29, 0.717) is 5.41 Å². The summed E-state index contributed by atoms with van der Waals surface area (Å²) in [6.45, 7) is 0. The first-order chi connectivity index (χ1) is 6.52. The van der Waals surface area contributed by atoms with Crippen LogP contribution in [0.25, 0.3) is 0 Å². The van der Waals surface area contributed by atoms with Crippen LogP contribution in [0.15, 0.2) is 40.6 Å². The third-order valence-electron chi connectivity index (χ3n) is 1.39. The molecule has 1 aromatic rings. The minimum atomic E-state index is -3.73. The van der Waals surface area contributed by atoms with Gasteiger partial charge in [-0.25, -0.2) is 8.42 Å². The van der Waals surface area contributed by atoms with Crippen molar-refractivity contribution in [3.8, 4) is 0 Å². The Morgan fingerprint density at radius 2 is 1.86 bits per heavy atom. The van der Waals surface area contributed by atoms with E-state index in [1.165, 1.54) is 30.5 Å². The SMILES string of the molecule is O=[N+]([O-])[C-]=CS(=O)(=O)c1ccccc1. The zero-order chi connectivity index (χ0) is 10.6. The van der Waals surface area contributed by atoms with Crippen LogP contribution in [0.3, 0.4) is 0 Å². The van der Waals surface area contributed by atoms with Gasteiger partial charge in [0.1, 0.15) is 0 Å². The smallest absolute Gasteiger partial charge is 0.172 e. The van der Waals surface area contributed by atoms with Crippen LogP contribution in [0.5, 0.6) is 0 Å². The van der Waals surface area contributed by atoms with Gasteiger partial charge in [-0.1, -0.05) is 29.8 Å². The van der Waals surface area contributed by atoms with Crippen molar-refractivity contribution in [2.75, 3.05) is 0 Å². The number of rotatable bonds is 3. The maximum Gasteiger partial charge on any atom is 0.172 e. The Morgan fingerprint density at radius 1 is 1.29 bits per heavy atom. The molecule has 1 aromatic carbocycles. The highest BCUT2D eigenvalue weighted by Gasteiger charge is 2.05. The van der Waals surface area contributed by atoms with Crippen LogP contribution < -0.4 is 0 Å². The van der Waals surface area contributed by atoms with Gasteiger partial charge in [0.05, 0.1) is 4.90 Å². The number of hydrogen-bond acceptors (Lipinski definition) is 4. The molecule has 0 radical (unpaired) electrons. The maximum atomic E-state index is 11.3. The summed E-state index contributed by atoms with van der Waals surface area (Å²) in [5, 5.41) is 10.3. The lowest BCUT2D eigenvalue weighted by Gasteiger charge is -2.00. The monoisotopic (exact) mass is 212 g/mol. The Hall–Kier alpha value is -1.69. The number of sulfone groups is 1. The second kappa shape index (κ2) is 4.01. The molecule has 1 rings (SSSR count). The van der Waals surface area contributed by atoms with Gasteiger partial charge in [0.25, 0.3) is 0 Å². The molecule has 0 saturated carbocycles. The molecule has 0 aliphatic heterocycles. The fourth-order valence-corrected chi connectivity index (χ4v) is 1.69. The average molecular weight is 212 g/mol. The zero-order valence-corrected chi connectivity index (χ0v) is 7.77. The molecular formula is C8H6NO4S-. The number of benzene rings is 1. The van der Waals surface area contributed by atoms with E-state index in [1.807, 2.05) is 0 Å². The van der Waals surface area contributed by atoms with Gasteiger partial charge in [-0.15, -0.1) is 4.92 Å². The summed E-state index contributed by atoms with van der Waals surface area (Å²) in [7, 11) is -3.73. The normalized spacial score (nSPS) is 11.7. The largest absolute Gasteiger partial charge is 0.297 e. The van der Waals surface area contributed by atoms with E-state index in [2.05, 4.69) is 0 Å². The van der Waals surface area contributed by atoms with Crippen LogP contribution in [0.2, 0.25) is 0 Å². The third-order valence-corrected chi connectivity index (χ3v) is 2.73. The van der Waals surface area contributed by atoms with E-state index >= 15 is 0 Å². The quantitative estimate of drug-likeness (QED) is 0.324. The summed E-state index contributed by atoms with van der Waals surface area (Å²) in [4.78, 5) is 8.94. The van der Waals surface area contributed by atoms with Crippen molar-refractivity contribution in [2.24, 2.45) is 0 Å². The summed E-state index contributed by atoms with van der Waals surface area (Å²) in [6.07, 6.45) is 1.49. The molecule has 0 saturated heterocycles. The fraction of sp³-hybridized carbons (Fsp3) is 0. The summed E-state index contributed by atoms with van der Waals surface area (Å²) in [6, 6.07) is 7.43. The Labute approximate surface area is 80.8 Å². The number of hydrogen-bond donors (Lipinski definition) is 0. The lowest BCUT2D eigenvalue weighted by Crippen LogP contribution is -1.97. The molecule has 0 aliphatic carbocycles. The molecule has 5 nitrogen and oxygen atoms in total. The molecule has 0 N–H and O–H groups in total. The van der Waals surface area contributed by atoms with E-state index in [0.717, 1.165) is 0 Å². The molecule has 0 atom stereocenters. The lowest BCUT2D eigenvalue weighted by molar-refractivity contribution is -0.419. The van der Waals surface area contributed by atoms with E-state index in [9.17, 15) is 18.5 Å². The van der Waals surface area contributed by atoms with Gasteiger partial charge in [0, 0.05) is 0 Å². The molecule has 0 aromatic heterocycles. The lowest BCUT2D eigenvalue weighted by atomic mass is 10.4. The highest BCUT2D eigenvalue weighted by molar-refractivity contribution is 7.94. The molecule has 0 heterocycles.